The lowest BCUT2D eigenvalue weighted by molar-refractivity contribution is 0.0326. The average molecular weight is 169 g/mol. The lowest BCUT2D eigenvalue weighted by atomic mass is 9.94. The molecule has 0 amide bonds. The van der Waals surface area contributed by atoms with Crippen molar-refractivity contribution in [1.29, 1.82) is 0 Å². The maximum Gasteiger partial charge on any atom is 0.0665 e. The van der Waals surface area contributed by atoms with Gasteiger partial charge in [0.05, 0.1) is 5.60 Å². The largest absolute Gasteiger partial charge is 0.390 e. The first kappa shape index (κ1) is 8.52. The molecule has 2 saturated carbocycles. The first-order valence-corrected chi connectivity index (χ1v) is 5.16. The molecule has 0 heterocycles. The third-order valence-electron chi connectivity index (χ3n) is 3.71. The third-order valence-corrected chi connectivity index (χ3v) is 3.71. The molecular formula is C10H19NO. The van der Waals surface area contributed by atoms with Crippen molar-refractivity contribution in [3.05, 3.63) is 0 Å². The summed E-state index contributed by atoms with van der Waals surface area (Å²) in [5.41, 5.74) is 5.10. The van der Waals surface area contributed by atoms with Crippen LogP contribution in [0, 0.1) is 11.8 Å². The molecule has 0 aliphatic heterocycles. The normalized spacial score (nSPS) is 46.5. The van der Waals surface area contributed by atoms with Crippen LogP contribution >= 0.6 is 0 Å². The van der Waals surface area contributed by atoms with E-state index in [0.717, 1.165) is 31.1 Å². The summed E-state index contributed by atoms with van der Waals surface area (Å²) in [7, 11) is 0. The lowest BCUT2D eigenvalue weighted by Crippen LogP contribution is -2.28. The molecule has 70 valence electrons. The predicted molar refractivity (Wildman–Crippen MR) is 48.7 cm³/mol. The van der Waals surface area contributed by atoms with Gasteiger partial charge in [-0.3, -0.25) is 0 Å². The van der Waals surface area contributed by atoms with Gasteiger partial charge in [-0.25, -0.2) is 0 Å². The van der Waals surface area contributed by atoms with E-state index < -0.39 is 0 Å². The minimum Gasteiger partial charge on any atom is -0.390 e. The molecule has 0 aromatic rings. The summed E-state index contributed by atoms with van der Waals surface area (Å²) in [5.74, 6) is 1.64. The van der Waals surface area contributed by atoms with Crippen LogP contribution in [0.25, 0.3) is 0 Å². The van der Waals surface area contributed by atoms with Crippen LogP contribution < -0.4 is 5.73 Å². The molecule has 2 aliphatic rings. The highest BCUT2D eigenvalue weighted by atomic mass is 16.3. The van der Waals surface area contributed by atoms with Crippen LogP contribution in [0.3, 0.4) is 0 Å². The third kappa shape index (κ3) is 1.38. The van der Waals surface area contributed by atoms with E-state index in [9.17, 15) is 5.11 Å². The number of rotatable bonds is 2. The molecule has 0 aromatic heterocycles. The van der Waals surface area contributed by atoms with Crippen LogP contribution in [0.4, 0.5) is 0 Å². The van der Waals surface area contributed by atoms with Crippen LogP contribution in [-0.4, -0.2) is 17.3 Å². The first-order chi connectivity index (χ1) is 5.73. The fourth-order valence-corrected chi connectivity index (χ4v) is 3.18. The van der Waals surface area contributed by atoms with Crippen LogP contribution in [0.2, 0.25) is 0 Å². The highest BCUT2D eigenvalue weighted by Gasteiger charge is 2.44. The Morgan fingerprint density at radius 1 is 1.25 bits per heavy atom. The van der Waals surface area contributed by atoms with Crippen LogP contribution in [-0.2, 0) is 0 Å². The molecule has 2 rings (SSSR count). The minimum absolute atomic E-state index is 0.384. The number of aliphatic hydroxyl groups is 1. The van der Waals surface area contributed by atoms with Gasteiger partial charge in [-0.1, -0.05) is 19.3 Å². The molecule has 12 heavy (non-hydrogen) atoms. The standard InChI is InChI=1S/C10H19NO/c11-5-4-10(12)6-8-2-1-3-9(8)7-10/h8-9,12H,1-7,11H2. The summed E-state index contributed by atoms with van der Waals surface area (Å²) in [6.45, 7) is 0.635. The smallest absolute Gasteiger partial charge is 0.0665 e. The van der Waals surface area contributed by atoms with E-state index >= 15 is 0 Å². The first-order valence-electron chi connectivity index (χ1n) is 5.16. The van der Waals surface area contributed by atoms with E-state index in [1.165, 1.54) is 19.3 Å². The molecule has 2 heteroatoms. The van der Waals surface area contributed by atoms with Crippen molar-refractivity contribution < 1.29 is 5.11 Å². The Balaban J connectivity index is 1.97. The van der Waals surface area contributed by atoms with Gasteiger partial charge in [0.1, 0.15) is 0 Å². The number of hydrogen-bond acceptors (Lipinski definition) is 2. The van der Waals surface area contributed by atoms with Crippen LogP contribution in [0.1, 0.15) is 38.5 Å². The number of nitrogens with two attached hydrogens (primary N) is 1. The average Bonchev–Trinajstić information content (AvgIpc) is 2.45. The van der Waals surface area contributed by atoms with E-state index in [4.69, 9.17) is 5.73 Å². The maximum absolute atomic E-state index is 10.1. The van der Waals surface area contributed by atoms with Crippen molar-refractivity contribution in [3.8, 4) is 0 Å². The summed E-state index contributed by atoms with van der Waals surface area (Å²) in [5, 5.41) is 10.1. The molecule has 0 spiro atoms. The van der Waals surface area contributed by atoms with Crippen molar-refractivity contribution >= 4 is 0 Å². The Bertz CT molecular complexity index is 157. The van der Waals surface area contributed by atoms with E-state index in [0.29, 0.717) is 6.54 Å². The van der Waals surface area contributed by atoms with Gasteiger partial charge in [-0.05, 0) is 37.6 Å². The Morgan fingerprint density at radius 3 is 2.33 bits per heavy atom. The summed E-state index contributed by atoms with van der Waals surface area (Å²) in [6.07, 6.45) is 6.92. The Kier molecular flexibility index (Phi) is 2.13. The molecular weight excluding hydrogens is 150 g/mol. The molecule has 0 bridgehead atoms. The molecule has 2 unspecified atom stereocenters. The van der Waals surface area contributed by atoms with Crippen molar-refractivity contribution in [2.75, 3.05) is 6.54 Å². The maximum atomic E-state index is 10.1. The molecule has 0 aromatic carbocycles. The highest BCUT2D eigenvalue weighted by molar-refractivity contribution is 4.97. The SMILES string of the molecule is NCCC1(O)CC2CCCC2C1. The van der Waals surface area contributed by atoms with Crippen molar-refractivity contribution in [1.82, 2.24) is 0 Å². The zero-order valence-electron chi connectivity index (χ0n) is 7.63. The van der Waals surface area contributed by atoms with Gasteiger partial charge in [0.15, 0.2) is 0 Å². The van der Waals surface area contributed by atoms with Crippen LogP contribution in [0.15, 0.2) is 0 Å². The second-order valence-electron chi connectivity index (χ2n) is 4.62. The molecule has 0 radical (unpaired) electrons. The van der Waals surface area contributed by atoms with Gasteiger partial charge in [-0.15, -0.1) is 0 Å². The molecule has 2 nitrogen and oxygen atoms in total. The van der Waals surface area contributed by atoms with Gasteiger partial charge in [0.2, 0.25) is 0 Å². The zero-order chi connectivity index (χ0) is 8.60. The number of hydrogen-bond donors (Lipinski definition) is 2. The summed E-state index contributed by atoms with van der Waals surface area (Å²) in [4.78, 5) is 0. The fourth-order valence-electron chi connectivity index (χ4n) is 3.18. The summed E-state index contributed by atoms with van der Waals surface area (Å²) in [6, 6.07) is 0. The Labute approximate surface area is 74.1 Å². The topological polar surface area (TPSA) is 46.2 Å². The van der Waals surface area contributed by atoms with Gasteiger partial charge < -0.3 is 10.8 Å². The van der Waals surface area contributed by atoms with Gasteiger partial charge >= 0.3 is 0 Å². The van der Waals surface area contributed by atoms with Gasteiger partial charge in [0, 0.05) is 0 Å². The summed E-state index contributed by atoms with van der Waals surface area (Å²) >= 11 is 0. The Hall–Kier alpha value is -0.0800. The molecule has 2 aliphatic carbocycles. The molecule has 2 atom stereocenters. The lowest BCUT2D eigenvalue weighted by Gasteiger charge is -2.22. The minimum atomic E-state index is -0.384. The highest BCUT2D eigenvalue weighted by Crippen LogP contribution is 2.49. The second-order valence-corrected chi connectivity index (χ2v) is 4.62. The van der Waals surface area contributed by atoms with Gasteiger partial charge in [-0.2, -0.15) is 0 Å². The van der Waals surface area contributed by atoms with Crippen molar-refractivity contribution in [2.45, 2.75) is 44.1 Å². The monoisotopic (exact) mass is 169 g/mol. The Morgan fingerprint density at radius 2 is 1.83 bits per heavy atom. The van der Waals surface area contributed by atoms with Crippen molar-refractivity contribution in [3.63, 3.8) is 0 Å². The van der Waals surface area contributed by atoms with Gasteiger partial charge in [0.25, 0.3) is 0 Å². The predicted octanol–water partition coefficient (Wildman–Crippen LogP) is 1.28. The molecule has 2 fully saturated rings. The van der Waals surface area contributed by atoms with E-state index in [1.807, 2.05) is 0 Å². The number of fused-ring (bicyclic) bond motifs is 1. The van der Waals surface area contributed by atoms with E-state index in [2.05, 4.69) is 0 Å². The quantitative estimate of drug-likeness (QED) is 0.654. The van der Waals surface area contributed by atoms with Crippen LogP contribution in [0.5, 0.6) is 0 Å². The summed E-state index contributed by atoms with van der Waals surface area (Å²) < 4.78 is 0. The second kappa shape index (κ2) is 3.00. The van der Waals surface area contributed by atoms with Crippen molar-refractivity contribution in [2.24, 2.45) is 17.6 Å². The molecule has 0 saturated heterocycles. The van der Waals surface area contributed by atoms with E-state index in [1.54, 1.807) is 0 Å². The zero-order valence-corrected chi connectivity index (χ0v) is 7.63. The van der Waals surface area contributed by atoms with E-state index in [-0.39, 0.29) is 5.60 Å². The molecule has 3 N–H and O–H groups in total. The fraction of sp³-hybridized carbons (Fsp3) is 1.00.